The second-order valence-electron chi connectivity index (χ2n) is 9.21. The molecule has 2 atom stereocenters. The number of aromatic carboxylic acids is 1. The number of piperazine rings is 1. The van der Waals surface area contributed by atoms with Crippen LogP contribution in [0, 0.1) is 0 Å². The lowest BCUT2D eigenvalue weighted by Gasteiger charge is -2.34. The van der Waals surface area contributed by atoms with Crippen LogP contribution < -0.4 is 21.0 Å². The van der Waals surface area contributed by atoms with E-state index in [0.717, 1.165) is 4.90 Å². The standard InChI is InChI=1S/C25H28BN5O8/c1-2-30-10-11-31(19(32)13-30)25(37)29-20(14-6-8-15(9-7-14)22(27)33)23(34)28-18-12-16-4-3-5-17(24(35)36)21(16)39-26(18)38/h3-9,18,20,38H,2,10-13H2,1H3,(H2,27,33)(H,28,34)(H,29,37)(H,35,36)/t18-,20?/m0/s1. The third kappa shape index (κ3) is 6.02. The first kappa shape index (κ1) is 27.6. The van der Waals surface area contributed by atoms with E-state index >= 15 is 0 Å². The number of carboxylic acid groups (broad SMARTS) is 1. The third-order valence-electron chi connectivity index (χ3n) is 6.73. The first-order chi connectivity index (χ1) is 18.6. The number of nitrogens with one attached hydrogen (secondary N) is 2. The largest absolute Gasteiger partial charge is 0.547 e. The van der Waals surface area contributed by atoms with Crippen molar-refractivity contribution in [1.29, 1.82) is 0 Å². The van der Waals surface area contributed by atoms with Crippen molar-refractivity contribution in [1.82, 2.24) is 20.4 Å². The molecule has 39 heavy (non-hydrogen) atoms. The number of primary amides is 1. The Balaban J connectivity index is 1.56. The molecule has 2 aliphatic heterocycles. The molecule has 204 valence electrons. The van der Waals surface area contributed by atoms with Gasteiger partial charge in [-0.15, -0.1) is 0 Å². The van der Waals surface area contributed by atoms with Gasteiger partial charge in [0.25, 0.3) is 0 Å². The Morgan fingerprint density at radius 1 is 1.15 bits per heavy atom. The number of para-hydroxylation sites is 1. The van der Waals surface area contributed by atoms with Gasteiger partial charge in [0.05, 0.1) is 18.0 Å². The topological polar surface area (TPSA) is 192 Å². The summed E-state index contributed by atoms with van der Waals surface area (Å²) in [6.45, 7) is 3.26. The van der Waals surface area contributed by atoms with Crippen molar-refractivity contribution in [3.05, 3.63) is 64.7 Å². The highest BCUT2D eigenvalue weighted by Gasteiger charge is 2.40. The molecule has 6 N–H and O–H groups in total. The SMILES string of the molecule is CCN1CCN(C(=O)NC(C(=O)N[C@H]2Cc3cccc(C(=O)O)c3OB2O)c2ccc(C(N)=O)cc2)C(=O)C1. The van der Waals surface area contributed by atoms with Gasteiger partial charge in [-0.2, -0.15) is 0 Å². The molecule has 5 amide bonds. The minimum absolute atomic E-state index is 0.0135. The fourth-order valence-electron chi connectivity index (χ4n) is 4.53. The van der Waals surface area contributed by atoms with E-state index < -0.39 is 48.8 Å². The Labute approximate surface area is 224 Å². The van der Waals surface area contributed by atoms with E-state index in [1.54, 1.807) is 6.07 Å². The number of rotatable bonds is 7. The van der Waals surface area contributed by atoms with Crippen LogP contribution in [-0.2, 0) is 16.0 Å². The molecule has 14 heteroatoms. The predicted molar refractivity (Wildman–Crippen MR) is 138 cm³/mol. The van der Waals surface area contributed by atoms with Crippen LogP contribution in [0.1, 0.15) is 44.8 Å². The molecule has 0 spiro atoms. The van der Waals surface area contributed by atoms with Crippen molar-refractivity contribution in [2.75, 3.05) is 26.2 Å². The zero-order valence-corrected chi connectivity index (χ0v) is 21.1. The van der Waals surface area contributed by atoms with E-state index in [4.69, 9.17) is 10.4 Å². The zero-order chi connectivity index (χ0) is 28.3. The second-order valence-corrected chi connectivity index (χ2v) is 9.21. The third-order valence-corrected chi connectivity index (χ3v) is 6.73. The number of fused-ring (bicyclic) bond motifs is 1. The number of carbonyl (C=O) groups is 5. The van der Waals surface area contributed by atoms with Crippen molar-refractivity contribution in [2.45, 2.75) is 25.3 Å². The first-order valence-electron chi connectivity index (χ1n) is 12.3. The molecule has 0 aliphatic carbocycles. The highest BCUT2D eigenvalue weighted by Crippen LogP contribution is 2.30. The molecule has 0 saturated carbocycles. The van der Waals surface area contributed by atoms with E-state index in [1.807, 2.05) is 11.8 Å². The smallest absolute Gasteiger partial charge is 0.534 e. The van der Waals surface area contributed by atoms with Crippen LogP contribution in [0.2, 0.25) is 0 Å². The van der Waals surface area contributed by atoms with Crippen LogP contribution >= 0.6 is 0 Å². The van der Waals surface area contributed by atoms with Gasteiger partial charge in [0.1, 0.15) is 11.8 Å². The lowest BCUT2D eigenvalue weighted by Crippen LogP contribution is -2.58. The van der Waals surface area contributed by atoms with Gasteiger partial charge in [0, 0.05) is 18.7 Å². The normalized spacial score (nSPS) is 18.0. The number of hydrogen-bond donors (Lipinski definition) is 5. The summed E-state index contributed by atoms with van der Waals surface area (Å²) in [6, 6.07) is 8.11. The molecule has 0 radical (unpaired) electrons. The van der Waals surface area contributed by atoms with Gasteiger partial charge in [-0.05, 0) is 42.3 Å². The molecule has 2 aromatic carbocycles. The lowest BCUT2D eigenvalue weighted by atomic mass is 9.72. The molecule has 1 fully saturated rings. The van der Waals surface area contributed by atoms with Gasteiger partial charge in [-0.1, -0.05) is 31.2 Å². The molecule has 13 nitrogen and oxygen atoms in total. The van der Waals surface area contributed by atoms with Crippen LogP contribution in [0.5, 0.6) is 5.75 Å². The summed E-state index contributed by atoms with van der Waals surface area (Å²) in [5.74, 6) is -4.00. The van der Waals surface area contributed by atoms with Crippen LogP contribution in [0.4, 0.5) is 4.79 Å². The monoisotopic (exact) mass is 537 g/mol. The molecular weight excluding hydrogens is 509 g/mol. The van der Waals surface area contributed by atoms with Crippen molar-refractivity contribution in [3.63, 3.8) is 0 Å². The maximum atomic E-state index is 13.5. The summed E-state index contributed by atoms with van der Waals surface area (Å²) in [5, 5.41) is 25.2. The Morgan fingerprint density at radius 2 is 1.87 bits per heavy atom. The van der Waals surface area contributed by atoms with E-state index in [2.05, 4.69) is 10.6 Å². The van der Waals surface area contributed by atoms with Crippen molar-refractivity contribution in [3.8, 4) is 5.75 Å². The van der Waals surface area contributed by atoms with Gasteiger partial charge in [-0.25, -0.2) is 9.59 Å². The van der Waals surface area contributed by atoms with Gasteiger partial charge in [0.15, 0.2) is 0 Å². The summed E-state index contributed by atoms with van der Waals surface area (Å²) in [5.41, 5.74) is 6.14. The molecule has 1 saturated heterocycles. The highest BCUT2D eigenvalue weighted by atomic mass is 16.5. The number of imide groups is 1. The predicted octanol–water partition coefficient (Wildman–Crippen LogP) is -0.462. The average Bonchev–Trinajstić information content (AvgIpc) is 2.91. The lowest BCUT2D eigenvalue weighted by molar-refractivity contribution is -0.133. The van der Waals surface area contributed by atoms with Crippen molar-refractivity contribution >= 4 is 36.8 Å². The fraction of sp³-hybridized carbons (Fsp3) is 0.320. The van der Waals surface area contributed by atoms with Gasteiger partial charge < -0.3 is 31.2 Å². The highest BCUT2D eigenvalue weighted by molar-refractivity contribution is 6.47. The molecular formula is C25H28BN5O8. The number of hydrogen-bond acceptors (Lipinski definition) is 8. The summed E-state index contributed by atoms with van der Waals surface area (Å²) in [6.07, 6.45) is 0.0576. The number of carboxylic acids is 1. The van der Waals surface area contributed by atoms with Crippen molar-refractivity contribution in [2.24, 2.45) is 5.73 Å². The Morgan fingerprint density at radius 3 is 2.49 bits per heavy atom. The Bertz CT molecular complexity index is 1300. The number of benzene rings is 2. The van der Waals surface area contributed by atoms with Gasteiger partial charge in [0.2, 0.25) is 17.7 Å². The maximum Gasteiger partial charge on any atom is 0.547 e. The summed E-state index contributed by atoms with van der Waals surface area (Å²) in [7, 11) is -1.57. The minimum Gasteiger partial charge on any atom is -0.534 e. The number of nitrogens with zero attached hydrogens (tertiary/aromatic N) is 2. The Kier molecular flexibility index (Phi) is 8.16. The molecule has 2 heterocycles. The maximum absolute atomic E-state index is 13.5. The fourth-order valence-corrected chi connectivity index (χ4v) is 4.53. The second kappa shape index (κ2) is 11.5. The number of amides is 5. The Hall–Kier alpha value is -4.43. The zero-order valence-electron chi connectivity index (χ0n) is 21.1. The van der Waals surface area contributed by atoms with E-state index in [-0.39, 0.29) is 36.4 Å². The molecule has 2 aromatic rings. The molecule has 0 aromatic heterocycles. The van der Waals surface area contributed by atoms with Crippen LogP contribution in [0.3, 0.4) is 0 Å². The van der Waals surface area contributed by atoms with Crippen LogP contribution in [-0.4, -0.2) is 88.9 Å². The van der Waals surface area contributed by atoms with E-state index in [1.165, 1.54) is 36.4 Å². The number of urea groups is 1. The summed E-state index contributed by atoms with van der Waals surface area (Å²) in [4.78, 5) is 65.0. The molecule has 2 aliphatic rings. The summed E-state index contributed by atoms with van der Waals surface area (Å²) >= 11 is 0. The minimum atomic E-state index is -1.57. The quantitative estimate of drug-likeness (QED) is 0.291. The number of carbonyl (C=O) groups excluding carboxylic acids is 4. The molecule has 4 rings (SSSR count). The number of likely N-dealkylation sites (N-methyl/N-ethyl adjacent to an activating group) is 1. The molecule has 0 bridgehead atoms. The summed E-state index contributed by atoms with van der Waals surface area (Å²) < 4.78 is 5.44. The van der Waals surface area contributed by atoms with E-state index in [9.17, 15) is 34.1 Å². The van der Waals surface area contributed by atoms with Gasteiger partial charge >= 0.3 is 19.1 Å². The average molecular weight is 537 g/mol. The molecule has 1 unspecified atom stereocenters. The number of nitrogens with two attached hydrogens (primary N) is 1. The van der Waals surface area contributed by atoms with Crippen LogP contribution in [0.25, 0.3) is 0 Å². The van der Waals surface area contributed by atoms with E-state index in [0.29, 0.717) is 24.2 Å². The first-order valence-corrected chi connectivity index (χ1v) is 12.3. The van der Waals surface area contributed by atoms with Crippen molar-refractivity contribution < 1.29 is 38.8 Å². The van der Waals surface area contributed by atoms with Gasteiger partial charge in [-0.3, -0.25) is 24.2 Å². The van der Waals surface area contributed by atoms with Crippen LogP contribution in [0.15, 0.2) is 42.5 Å².